The molecule has 0 bridgehead atoms. The van der Waals surface area contributed by atoms with E-state index >= 15 is 0 Å². The second-order valence-electron chi connectivity index (χ2n) is 7.56. The lowest BCUT2D eigenvalue weighted by molar-refractivity contribution is -0.162. The zero-order valence-electron chi connectivity index (χ0n) is 17.2. The number of para-hydroxylation sites is 1. The third-order valence-electron chi connectivity index (χ3n) is 4.48. The van der Waals surface area contributed by atoms with Crippen LogP contribution in [-0.2, 0) is 15.1 Å². The van der Waals surface area contributed by atoms with Crippen LogP contribution in [0.4, 0.5) is 0 Å². The number of nitrogens with two attached hydrogens (primary N) is 1. The zero-order chi connectivity index (χ0) is 20.9. The van der Waals surface area contributed by atoms with E-state index in [-0.39, 0.29) is 0 Å². The minimum atomic E-state index is -1.53. The van der Waals surface area contributed by atoms with Gasteiger partial charge in [-0.15, -0.1) is 6.58 Å². The lowest BCUT2D eigenvalue weighted by Crippen LogP contribution is -2.52. The molecule has 2 aromatic carbocycles. The third-order valence-corrected chi connectivity index (χ3v) is 4.48. The standard InChI is InChI=1S/C23H29NO4/c1-7-19(18-13-8-9-14-20(18)27-6)23(24,21(25)28-22(2,3)4)16-11-10-12-17(15-16)26-5/h7-15,19H,1,24H2,2-6H3/t19-,23+/m0/s1. The predicted octanol–water partition coefficient (Wildman–Crippen LogP) is 4.17. The van der Waals surface area contributed by atoms with Crippen LogP contribution in [0, 0.1) is 0 Å². The van der Waals surface area contributed by atoms with E-state index in [0.29, 0.717) is 17.1 Å². The van der Waals surface area contributed by atoms with Gasteiger partial charge in [0.1, 0.15) is 17.1 Å². The second kappa shape index (κ2) is 8.48. The Bertz CT molecular complexity index is 840. The molecule has 0 radical (unpaired) electrons. The number of ether oxygens (including phenoxy) is 3. The van der Waals surface area contributed by atoms with Gasteiger partial charge in [-0.05, 0) is 44.5 Å². The van der Waals surface area contributed by atoms with Crippen LogP contribution in [-0.4, -0.2) is 25.8 Å². The third kappa shape index (κ3) is 4.37. The SMILES string of the molecule is C=C[C@@H](c1ccccc1OC)[C@@](N)(C(=O)OC(C)(C)C)c1cccc(OC)c1. The first-order valence-corrected chi connectivity index (χ1v) is 9.09. The van der Waals surface area contributed by atoms with Crippen LogP contribution in [0.1, 0.15) is 37.8 Å². The summed E-state index contributed by atoms with van der Waals surface area (Å²) in [6, 6.07) is 14.6. The number of carbonyl (C=O) groups excluding carboxylic acids is 1. The Hall–Kier alpha value is -2.79. The molecule has 0 aromatic heterocycles. The van der Waals surface area contributed by atoms with Crippen LogP contribution >= 0.6 is 0 Å². The van der Waals surface area contributed by atoms with E-state index in [1.165, 1.54) is 0 Å². The molecule has 0 unspecified atom stereocenters. The molecule has 0 heterocycles. The summed E-state index contributed by atoms with van der Waals surface area (Å²) in [5.74, 6) is 0.0714. The van der Waals surface area contributed by atoms with Gasteiger partial charge in [-0.3, -0.25) is 0 Å². The summed E-state index contributed by atoms with van der Waals surface area (Å²) in [6.45, 7) is 9.38. The van der Waals surface area contributed by atoms with E-state index in [1.54, 1.807) is 44.6 Å². The van der Waals surface area contributed by atoms with Crippen molar-refractivity contribution in [3.63, 3.8) is 0 Å². The van der Waals surface area contributed by atoms with Gasteiger partial charge in [0.15, 0.2) is 5.54 Å². The average molecular weight is 383 g/mol. The molecule has 0 spiro atoms. The largest absolute Gasteiger partial charge is 0.497 e. The molecule has 0 aliphatic heterocycles. The number of rotatable bonds is 7. The first-order chi connectivity index (χ1) is 13.2. The molecule has 0 amide bonds. The molecule has 5 heteroatoms. The fraction of sp³-hybridized carbons (Fsp3) is 0.348. The van der Waals surface area contributed by atoms with Crippen LogP contribution in [0.5, 0.6) is 11.5 Å². The van der Waals surface area contributed by atoms with Gasteiger partial charge >= 0.3 is 5.97 Å². The van der Waals surface area contributed by atoms with Crippen LogP contribution in [0.3, 0.4) is 0 Å². The Labute approximate surface area is 167 Å². The van der Waals surface area contributed by atoms with Gasteiger partial charge in [-0.1, -0.05) is 36.4 Å². The predicted molar refractivity (Wildman–Crippen MR) is 111 cm³/mol. The van der Waals surface area contributed by atoms with Crippen LogP contribution in [0.2, 0.25) is 0 Å². The van der Waals surface area contributed by atoms with Crippen LogP contribution < -0.4 is 15.2 Å². The molecule has 0 fully saturated rings. The van der Waals surface area contributed by atoms with Crippen molar-refractivity contribution in [1.82, 2.24) is 0 Å². The number of benzene rings is 2. The van der Waals surface area contributed by atoms with E-state index in [0.717, 1.165) is 5.56 Å². The van der Waals surface area contributed by atoms with Gasteiger partial charge in [0.2, 0.25) is 0 Å². The highest BCUT2D eigenvalue weighted by atomic mass is 16.6. The molecule has 0 aliphatic carbocycles. The summed E-state index contributed by atoms with van der Waals surface area (Å²) in [6.07, 6.45) is 1.65. The summed E-state index contributed by atoms with van der Waals surface area (Å²) in [4.78, 5) is 13.4. The van der Waals surface area contributed by atoms with E-state index in [4.69, 9.17) is 19.9 Å². The lowest BCUT2D eigenvalue weighted by Gasteiger charge is -2.37. The van der Waals surface area contributed by atoms with Gasteiger partial charge in [-0.2, -0.15) is 0 Å². The molecule has 0 saturated heterocycles. The normalized spacial score (nSPS) is 14.5. The minimum absolute atomic E-state index is 0.552. The Kier molecular flexibility index (Phi) is 6.52. The smallest absolute Gasteiger partial charge is 0.332 e. The summed E-state index contributed by atoms with van der Waals surface area (Å²) in [5.41, 5.74) is 5.93. The zero-order valence-corrected chi connectivity index (χ0v) is 17.2. The number of hydrogen-bond donors (Lipinski definition) is 1. The van der Waals surface area contributed by atoms with Crippen LogP contribution in [0.25, 0.3) is 0 Å². The van der Waals surface area contributed by atoms with Crippen molar-refractivity contribution < 1.29 is 19.0 Å². The number of carbonyl (C=O) groups is 1. The molecular formula is C23H29NO4. The summed E-state index contributed by atoms with van der Waals surface area (Å²) < 4.78 is 16.6. The Morgan fingerprint density at radius 1 is 1.07 bits per heavy atom. The van der Waals surface area contributed by atoms with Crippen molar-refractivity contribution in [2.45, 2.75) is 37.8 Å². The van der Waals surface area contributed by atoms with E-state index in [9.17, 15) is 4.79 Å². The molecule has 0 aliphatic rings. The van der Waals surface area contributed by atoms with Gasteiger partial charge in [0.05, 0.1) is 14.2 Å². The van der Waals surface area contributed by atoms with Gasteiger partial charge in [0, 0.05) is 11.5 Å². The molecule has 2 atom stereocenters. The van der Waals surface area contributed by atoms with Crippen LogP contribution in [0.15, 0.2) is 61.2 Å². The Balaban J connectivity index is 2.71. The van der Waals surface area contributed by atoms with Crippen molar-refractivity contribution in [2.75, 3.05) is 14.2 Å². The Morgan fingerprint density at radius 2 is 1.75 bits per heavy atom. The van der Waals surface area contributed by atoms with Crippen molar-refractivity contribution in [1.29, 1.82) is 0 Å². The maximum Gasteiger partial charge on any atom is 0.332 e. The first-order valence-electron chi connectivity index (χ1n) is 9.09. The molecule has 150 valence electrons. The summed E-state index contributed by atoms with van der Waals surface area (Å²) in [5, 5.41) is 0. The number of methoxy groups -OCH3 is 2. The second-order valence-corrected chi connectivity index (χ2v) is 7.56. The van der Waals surface area contributed by atoms with E-state index < -0.39 is 23.0 Å². The van der Waals surface area contributed by atoms with Crippen molar-refractivity contribution in [3.8, 4) is 11.5 Å². The highest BCUT2D eigenvalue weighted by molar-refractivity contribution is 5.85. The summed E-state index contributed by atoms with van der Waals surface area (Å²) in [7, 11) is 3.15. The first kappa shape index (κ1) is 21.5. The maximum atomic E-state index is 13.4. The fourth-order valence-corrected chi connectivity index (χ4v) is 3.15. The minimum Gasteiger partial charge on any atom is -0.497 e. The fourth-order valence-electron chi connectivity index (χ4n) is 3.15. The molecular weight excluding hydrogens is 354 g/mol. The van der Waals surface area contributed by atoms with Crippen molar-refractivity contribution >= 4 is 5.97 Å². The quantitative estimate of drug-likeness (QED) is 0.574. The van der Waals surface area contributed by atoms with E-state index in [2.05, 4.69) is 6.58 Å². The molecule has 5 nitrogen and oxygen atoms in total. The van der Waals surface area contributed by atoms with Crippen molar-refractivity contribution in [2.24, 2.45) is 5.73 Å². The Morgan fingerprint density at radius 3 is 2.32 bits per heavy atom. The van der Waals surface area contributed by atoms with Gasteiger partial charge < -0.3 is 19.9 Å². The number of esters is 1. The van der Waals surface area contributed by atoms with Gasteiger partial charge in [0.25, 0.3) is 0 Å². The molecule has 0 saturated carbocycles. The highest BCUT2D eigenvalue weighted by Crippen LogP contribution is 2.42. The molecule has 2 N–H and O–H groups in total. The number of hydrogen-bond acceptors (Lipinski definition) is 5. The lowest BCUT2D eigenvalue weighted by atomic mass is 9.74. The summed E-state index contributed by atoms with van der Waals surface area (Å²) >= 11 is 0. The monoisotopic (exact) mass is 383 g/mol. The van der Waals surface area contributed by atoms with E-state index in [1.807, 2.05) is 45.0 Å². The molecule has 2 rings (SSSR count). The molecule has 28 heavy (non-hydrogen) atoms. The average Bonchev–Trinajstić information content (AvgIpc) is 2.67. The highest BCUT2D eigenvalue weighted by Gasteiger charge is 2.47. The topological polar surface area (TPSA) is 70.8 Å². The van der Waals surface area contributed by atoms with Crippen molar-refractivity contribution in [3.05, 3.63) is 72.3 Å². The maximum absolute atomic E-state index is 13.4. The molecule has 2 aromatic rings. The van der Waals surface area contributed by atoms with Gasteiger partial charge in [-0.25, -0.2) is 4.79 Å².